The summed E-state index contributed by atoms with van der Waals surface area (Å²) in [5, 5.41) is 3.68. The van der Waals surface area contributed by atoms with E-state index in [-0.39, 0.29) is 23.4 Å². The Morgan fingerprint density at radius 2 is 2.00 bits per heavy atom. The summed E-state index contributed by atoms with van der Waals surface area (Å²) in [5.41, 5.74) is -0.225. The molecule has 0 aromatic carbocycles. The third-order valence-electron chi connectivity index (χ3n) is 4.11. The lowest BCUT2D eigenvalue weighted by atomic mass is 10.2. The molecule has 0 bridgehead atoms. The van der Waals surface area contributed by atoms with Crippen molar-refractivity contribution in [2.75, 3.05) is 11.9 Å². The molecule has 2 aromatic rings. The van der Waals surface area contributed by atoms with Gasteiger partial charge in [0.05, 0.1) is 4.70 Å². The van der Waals surface area contributed by atoms with Crippen molar-refractivity contribution in [1.82, 2.24) is 5.32 Å². The predicted octanol–water partition coefficient (Wildman–Crippen LogP) is 3.15. The van der Waals surface area contributed by atoms with E-state index in [1.807, 2.05) is 0 Å². The van der Waals surface area contributed by atoms with Crippen LogP contribution in [0.1, 0.15) is 43.0 Å². The number of anilines is 1. The van der Waals surface area contributed by atoms with Crippen molar-refractivity contribution in [1.29, 1.82) is 0 Å². The quantitative estimate of drug-likeness (QED) is 0.875. The monoisotopic (exact) mass is 334 g/mol. The highest BCUT2D eigenvalue weighted by molar-refractivity contribution is 7.22. The maximum absolute atomic E-state index is 12.3. The van der Waals surface area contributed by atoms with E-state index in [0.29, 0.717) is 15.3 Å². The van der Waals surface area contributed by atoms with Gasteiger partial charge in [-0.2, -0.15) is 0 Å². The van der Waals surface area contributed by atoms with Crippen LogP contribution in [-0.2, 0) is 0 Å². The molecule has 1 fully saturated rings. The van der Waals surface area contributed by atoms with Gasteiger partial charge >= 0.3 is 11.7 Å². The normalized spacial score (nSPS) is 15.0. The molecule has 0 atom stereocenters. The molecule has 1 aliphatic carbocycles. The van der Waals surface area contributed by atoms with Crippen LogP contribution in [0.3, 0.4) is 0 Å². The van der Waals surface area contributed by atoms with Crippen LogP contribution in [-0.4, -0.2) is 24.9 Å². The third-order valence-corrected chi connectivity index (χ3v) is 5.25. The number of fused-ring (bicyclic) bond motifs is 1. The zero-order chi connectivity index (χ0) is 16.6. The number of Topliss-reactive ketones (excluding diaryl/α,β-unsaturated/α-hetero) is 1. The zero-order valence-corrected chi connectivity index (χ0v) is 13.9. The Labute approximate surface area is 137 Å². The van der Waals surface area contributed by atoms with Crippen LogP contribution in [0, 0.1) is 0 Å². The van der Waals surface area contributed by atoms with Crippen LogP contribution in [0.4, 0.5) is 9.80 Å². The molecule has 1 saturated carbocycles. The van der Waals surface area contributed by atoms with Crippen molar-refractivity contribution in [3.63, 3.8) is 0 Å². The Hall–Kier alpha value is -2.15. The molecule has 1 aliphatic rings. The minimum atomic E-state index is -0.646. The molecule has 0 saturated heterocycles. The molecule has 1 N–H and O–H groups in total. The smallest absolute Gasteiger partial charge is 0.347 e. The zero-order valence-electron chi connectivity index (χ0n) is 13.0. The lowest BCUT2D eigenvalue weighted by Crippen LogP contribution is -2.41. The molecule has 6 nitrogen and oxygen atoms in total. The summed E-state index contributed by atoms with van der Waals surface area (Å²) in [6.07, 6.45) is 4.33. The van der Waals surface area contributed by atoms with E-state index in [0.717, 1.165) is 25.7 Å². The number of amides is 2. The molecule has 2 aromatic heterocycles. The molecule has 23 heavy (non-hydrogen) atoms. The topological polar surface area (TPSA) is 79.6 Å². The first-order valence-corrected chi connectivity index (χ1v) is 8.40. The number of rotatable bonds is 3. The summed E-state index contributed by atoms with van der Waals surface area (Å²) in [4.78, 5) is 37.0. The van der Waals surface area contributed by atoms with Gasteiger partial charge in [-0.25, -0.2) is 9.59 Å². The molecule has 7 heteroatoms. The fourth-order valence-corrected chi connectivity index (χ4v) is 3.74. The molecule has 3 rings (SSSR count). The molecule has 0 aliphatic heterocycles. The Morgan fingerprint density at radius 3 is 2.65 bits per heavy atom. The Bertz CT molecular complexity index is 817. The molecule has 0 spiro atoms. The van der Waals surface area contributed by atoms with Crippen molar-refractivity contribution in [3.8, 4) is 0 Å². The van der Waals surface area contributed by atoms with Gasteiger partial charge in [-0.1, -0.05) is 12.8 Å². The average molecular weight is 334 g/mol. The van der Waals surface area contributed by atoms with Gasteiger partial charge in [0.25, 0.3) is 0 Å². The second-order valence-corrected chi connectivity index (χ2v) is 6.87. The maximum atomic E-state index is 12.3. The maximum Gasteiger partial charge on any atom is 0.347 e. The number of hydrogen-bond donors (Lipinski definition) is 1. The van der Waals surface area contributed by atoms with Crippen molar-refractivity contribution < 1.29 is 14.0 Å². The highest BCUT2D eigenvalue weighted by atomic mass is 32.1. The third kappa shape index (κ3) is 3.14. The van der Waals surface area contributed by atoms with Gasteiger partial charge in [-0.05, 0) is 25.8 Å². The van der Waals surface area contributed by atoms with Crippen LogP contribution in [0.2, 0.25) is 0 Å². The minimum absolute atomic E-state index is 0.0314. The highest BCUT2D eigenvalue weighted by Crippen LogP contribution is 2.32. The van der Waals surface area contributed by atoms with Crippen molar-refractivity contribution in [3.05, 3.63) is 28.1 Å². The van der Waals surface area contributed by atoms with Crippen LogP contribution in [0.25, 0.3) is 10.3 Å². The van der Waals surface area contributed by atoms with Gasteiger partial charge in [-0.15, -0.1) is 11.3 Å². The highest BCUT2D eigenvalue weighted by Gasteiger charge is 2.21. The predicted molar refractivity (Wildman–Crippen MR) is 89.6 cm³/mol. The Kier molecular flexibility index (Phi) is 4.21. The van der Waals surface area contributed by atoms with E-state index >= 15 is 0 Å². The number of carbonyl (C=O) groups is 2. The molecule has 122 valence electrons. The summed E-state index contributed by atoms with van der Waals surface area (Å²) in [6.45, 7) is 1.33. The first-order valence-electron chi connectivity index (χ1n) is 7.58. The van der Waals surface area contributed by atoms with Gasteiger partial charge in [-0.3, -0.25) is 9.69 Å². The van der Waals surface area contributed by atoms with Gasteiger partial charge in [0.15, 0.2) is 11.4 Å². The van der Waals surface area contributed by atoms with E-state index in [1.54, 1.807) is 13.1 Å². The summed E-state index contributed by atoms with van der Waals surface area (Å²) in [7, 11) is 1.68. The van der Waals surface area contributed by atoms with Gasteiger partial charge in [0.1, 0.15) is 10.6 Å². The van der Waals surface area contributed by atoms with Crippen molar-refractivity contribution in [2.45, 2.75) is 38.6 Å². The average Bonchev–Trinajstić information content (AvgIpc) is 3.14. The molecular weight excluding hydrogens is 316 g/mol. The van der Waals surface area contributed by atoms with E-state index in [9.17, 15) is 14.4 Å². The largest absolute Gasteiger partial charge is 0.421 e. The van der Waals surface area contributed by atoms with Crippen LogP contribution >= 0.6 is 11.3 Å². The van der Waals surface area contributed by atoms with Crippen LogP contribution in [0.15, 0.2) is 21.3 Å². The van der Waals surface area contributed by atoms with Crippen LogP contribution < -0.4 is 15.8 Å². The van der Waals surface area contributed by atoms with E-state index in [4.69, 9.17) is 4.42 Å². The summed E-state index contributed by atoms with van der Waals surface area (Å²) in [5.74, 6) is -0.331. The fourth-order valence-electron chi connectivity index (χ4n) is 2.75. The lowest BCUT2D eigenvalue weighted by Gasteiger charge is -2.19. The van der Waals surface area contributed by atoms with Crippen LogP contribution in [0.5, 0.6) is 0 Å². The second kappa shape index (κ2) is 6.16. The van der Waals surface area contributed by atoms with E-state index in [2.05, 4.69) is 5.32 Å². The standard InChI is InChI=1S/C16H18N2O4S/c1-9(19)11-7-13-12(22-15(11)20)8-14(23-13)18(2)16(21)17-10-5-3-4-6-10/h7-8,10H,3-6H2,1-2H3,(H,17,21). The number of ketones is 1. The Balaban J connectivity index is 1.85. The first-order chi connectivity index (χ1) is 11.0. The summed E-state index contributed by atoms with van der Waals surface area (Å²) in [6, 6.07) is 3.25. The number of nitrogens with zero attached hydrogens (tertiary/aromatic N) is 1. The van der Waals surface area contributed by atoms with Gasteiger partial charge in [0, 0.05) is 19.2 Å². The minimum Gasteiger partial charge on any atom is -0.421 e. The van der Waals surface area contributed by atoms with E-state index in [1.165, 1.54) is 29.2 Å². The number of carbonyl (C=O) groups excluding carboxylic acids is 2. The fraction of sp³-hybridized carbons (Fsp3) is 0.438. The second-order valence-electron chi connectivity index (χ2n) is 5.81. The molecule has 0 radical (unpaired) electrons. The lowest BCUT2D eigenvalue weighted by molar-refractivity contribution is 0.101. The van der Waals surface area contributed by atoms with Gasteiger partial charge in [0.2, 0.25) is 0 Å². The number of urea groups is 1. The summed E-state index contributed by atoms with van der Waals surface area (Å²) < 4.78 is 5.85. The molecule has 0 unspecified atom stereocenters. The number of nitrogens with one attached hydrogen (secondary N) is 1. The van der Waals surface area contributed by atoms with Gasteiger partial charge < -0.3 is 9.73 Å². The van der Waals surface area contributed by atoms with Crippen molar-refractivity contribution >= 4 is 38.4 Å². The Morgan fingerprint density at radius 1 is 1.30 bits per heavy atom. The molecule has 2 heterocycles. The van der Waals surface area contributed by atoms with Crippen molar-refractivity contribution in [2.24, 2.45) is 0 Å². The number of thiophene rings is 1. The summed E-state index contributed by atoms with van der Waals surface area (Å²) >= 11 is 1.31. The first kappa shape index (κ1) is 15.7. The number of hydrogen-bond acceptors (Lipinski definition) is 5. The van der Waals surface area contributed by atoms with E-state index < -0.39 is 5.63 Å². The molecule has 2 amide bonds. The molecular formula is C16H18N2O4S. The SMILES string of the molecule is CC(=O)c1cc2sc(N(C)C(=O)NC3CCCC3)cc2oc1=O.